The summed E-state index contributed by atoms with van der Waals surface area (Å²) in [6.07, 6.45) is 3.12. The van der Waals surface area contributed by atoms with Gasteiger partial charge in [0.1, 0.15) is 17.1 Å². The van der Waals surface area contributed by atoms with E-state index < -0.39 is 39.0 Å². The normalized spacial score (nSPS) is 14.6. The number of aromatic nitrogens is 2. The molecule has 0 amide bonds. The van der Waals surface area contributed by atoms with Crippen LogP contribution in [0.2, 0.25) is 0 Å². The van der Waals surface area contributed by atoms with E-state index in [0.717, 1.165) is 29.1 Å². The summed E-state index contributed by atoms with van der Waals surface area (Å²) in [5.41, 5.74) is 5.05. The number of nitrogens with one attached hydrogen (secondary N) is 1. The second-order valence-electron chi connectivity index (χ2n) is 8.94. The predicted molar refractivity (Wildman–Crippen MR) is 139 cm³/mol. The lowest BCUT2D eigenvalue weighted by molar-refractivity contribution is 0.103. The Labute approximate surface area is 221 Å². The van der Waals surface area contributed by atoms with E-state index in [1.165, 1.54) is 7.11 Å². The number of methoxy groups -OCH3 is 1. The Bertz CT molecular complexity index is 1230. The molecule has 4 N–H and O–H groups in total. The van der Waals surface area contributed by atoms with Gasteiger partial charge in [0, 0.05) is 19.3 Å². The summed E-state index contributed by atoms with van der Waals surface area (Å²) in [6, 6.07) is 1.51. The number of halogens is 2. The molecule has 1 aliphatic heterocycles. The molecule has 2 heterocycles. The third-order valence-electron chi connectivity index (χ3n) is 6.31. The summed E-state index contributed by atoms with van der Waals surface area (Å²) in [5.74, 6) is -4.65. The summed E-state index contributed by atoms with van der Waals surface area (Å²) < 4.78 is 61.5. The van der Waals surface area contributed by atoms with Crippen molar-refractivity contribution in [1.29, 1.82) is 0 Å². The summed E-state index contributed by atoms with van der Waals surface area (Å²) in [7, 11) is -2.71. The molecule has 0 radical (unpaired) electrons. The van der Waals surface area contributed by atoms with Gasteiger partial charge in [-0.2, -0.15) is 4.98 Å². The average molecular weight is 557 g/mol. The molecule has 210 valence electrons. The molecule has 38 heavy (non-hydrogen) atoms. The molecule has 0 aliphatic carbocycles. The standard InChI is InChI=1S/C24H34F2N6O5S/c1-3-11-31(15-33)12-4-13-38(35,36)32(16-7-9-28-10-8-16)24-29-14-17(23(27)30-24)22(34)20-19(37-2)6-5-18(25)21(20)26/h5-6,14,16,28,33H,3-4,7-13,15H2,1-2H3,(H2,27,29,30). The number of carbonyl (C=O) groups excluding carboxylic acids is 1. The highest BCUT2D eigenvalue weighted by atomic mass is 32.2. The van der Waals surface area contributed by atoms with Gasteiger partial charge in [0.05, 0.1) is 31.2 Å². The number of nitrogens with two attached hydrogens (primary N) is 1. The molecule has 1 aromatic carbocycles. The number of nitrogens with zero attached hydrogens (tertiary/aromatic N) is 4. The van der Waals surface area contributed by atoms with Crippen molar-refractivity contribution in [3.63, 3.8) is 0 Å². The molecule has 1 aromatic heterocycles. The second-order valence-corrected chi connectivity index (χ2v) is 10.9. The molecule has 0 unspecified atom stereocenters. The quantitative estimate of drug-likeness (QED) is 0.245. The van der Waals surface area contributed by atoms with Gasteiger partial charge < -0.3 is 20.9 Å². The van der Waals surface area contributed by atoms with Crippen molar-refractivity contribution in [2.45, 2.75) is 38.6 Å². The van der Waals surface area contributed by atoms with Gasteiger partial charge in [-0.1, -0.05) is 6.92 Å². The maximum atomic E-state index is 14.5. The van der Waals surface area contributed by atoms with Crippen LogP contribution in [0.15, 0.2) is 18.3 Å². The molecule has 1 aliphatic rings. The lowest BCUT2D eigenvalue weighted by atomic mass is 10.0. The van der Waals surface area contributed by atoms with Crippen LogP contribution >= 0.6 is 0 Å². The number of sulfonamides is 1. The van der Waals surface area contributed by atoms with E-state index in [0.29, 0.717) is 39.0 Å². The van der Waals surface area contributed by atoms with Crippen LogP contribution in [0.25, 0.3) is 0 Å². The molecule has 2 aromatic rings. The first-order chi connectivity index (χ1) is 18.1. The fourth-order valence-corrected chi connectivity index (χ4v) is 6.10. The summed E-state index contributed by atoms with van der Waals surface area (Å²) in [6.45, 7) is 4.01. The first-order valence-corrected chi connectivity index (χ1v) is 14.0. The minimum absolute atomic E-state index is 0.169. The average Bonchev–Trinajstić information content (AvgIpc) is 2.90. The number of piperidine rings is 1. The molecular weight excluding hydrogens is 522 g/mol. The van der Waals surface area contributed by atoms with Crippen molar-refractivity contribution in [3.8, 4) is 5.75 Å². The number of aliphatic hydroxyl groups excluding tert-OH is 1. The number of ether oxygens (including phenoxy) is 1. The van der Waals surface area contributed by atoms with Crippen molar-refractivity contribution >= 4 is 27.6 Å². The van der Waals surface area contributed by atoms with E-state index in [-0.39, 0.29) is 42.0 Å². The van der Waals surface area contributed by atoms with Crippen LogP contribution in [0, 0.1) is 11.6 Å². The van der Waals surface area contributed by atoms with Crippen molar-refractivity contribution in [1.82, 2.24) is 20.2 Å². The molecule has 11 nitrogen and oxygen atoms in total. The van der Waals surface area contributed by atoms with Gasteiger partial charge in [0.15, 0.2) is 11.6 Å². The van der Waals surface area contributed by atoms with Gasteiger partial charge >= 0.3 is 0 Å². The fourth-order valence-electron chi connectivity index (χ4n) is 4.41. The van der Waals surface area contributed by atoms with E-state index >= 15 is 0 Å². The maximum Gasteiger partial charge on any atom is 0.241 e. The minimum atomic E-state index is -3.92. The number of ketones is 1. The fraction of sp³-hybridized carbons (Fsp3) is 0.542. The first kappa shape index (κ1) is 29.6. The smallest absolute Gasteiger partial charge is 0.241 e. The number of carbonyl (C=O) groups is 1. The highest BCUT2D eigenvalue weighted by Crippen LogP contribution is 2.29. The van der Waals surface area contributed by atoms with E-state index in [9.17, 15) is 27.1 Å². The van der Waals surface area contributed by atoms with Crippen LogP contribution in [-0.2, 0) is 10.0 Å². The summed E-state index contributed by atoms with van der Waals surface area (Å²) in [4.78, 5) is 23.1. The van der Waals surface area contributed by atoms with Crippen LogP contribution in [0.3, 0.4) is 0 Å². The monoisotopic (exact) mass is 556 g/mol. The Morgan fingerprint density at radius 3 is 2.58 bits per heavy atom. The summed E-state index contributed by atoms with van der Waals surface area (Å²) >= 11 is 0. The lowest BCUT2D eigenvalue weighted by Gasteiger charge is -2.34. The second kappa shape index (κ2) is 13.2. The van der Waals surface area contributed by atoms with E-state index in [4.69, 9.17) is 10.5 Å². The Morgan fingerprint density at radius 1 is 1.26 bits per heavy atom. The zero-order valence-electron chi connectivity index (χ0n) is 21.5. The molecule has 1 fully saturated rings. The topological polar surface area (TPSA) is 151 Å². The first-order valence-electron chi connectivity index (χ1n) is 12.4. The predicted octanol–water partition coefficient (Wildman–Crippen LogP) is 1.52. The van der Waals surface area contributed by atoms with E-state index in [1.807, 2.05) is 6.92 Å². The van der Waals surface area contributed by atoms with Gasteiger partial charge in [-0.3, -0.25) is 9.69 Å². The Kier molecular flexibility index (Phi) is 10.3. The van der Waals surface area contributed by atoms with Gasteiger partial charge in [0.25, 0.3) is 0 Å². The SMILES string of the molecule is CCCN(CO)CCCS(=O)(=O)N(c1ncc(C(=O)c2c(OC)ccc(F)c2F)c(N)n1)C1CCNCC1. The van der Waals surface area contributed by atoms with Crippen molar-refractivity contribution in [2.24, 2.45) is 0 Å². The molecule has 3 rings (SSSR count). The Hall–Kier alpha value is -2.94. The number of benzene rings is 1. The molecule has 0 bridgehead atoms. The van der Waals surface area contributed by atoms with Crippen LogP contribution < -0.4 is 20.1 Å². The molecule has 1 saturated heterocycles. The number of hydrogen-bond donors (Lipinski definition) is 3. The van der Waals surface area contributed by atoms with Crippen molar-refractivity contribution in [3.05, 3.63) is 41.1 Å². The third-order valence-corrected chi connectivity index (χ3v) is 8.17. The van der Waals surface area contributed by atoms with Gasteiger partial charge in [0.2, 0.25) is 21.8 Å². The highest BCUT2D eigenvalue weighted by molar-refractivity contribution is 7.92. The number of nitrogen functional groups attached to an aromatic ring is 1. The van der Waals surface area contributed by atoms with E-state index in [1.54, 1.807) is 4.90 Å². The maximum absolute atomic E-state index is 14.5. The van der Waals surface area contributed by atoms with Gasteiger partial charge in [-0.25, -0.2) is 26.5 Å². The molecule has 0 spiro atoms. The Morgan fingerprint density at radius 2 is 1.97 bits per heavy atom. The van der Waals surface area contributed by atoms with Crippen molar-refractivity contribution < 1.29 is 31.8 Å². The molecular formula is C24H34F2N6O5S. The van der Waals surface area contributed by atoms with E-state index in [2.05, 4.69) is 15.3 Å². The molecule has 0 atom stereocenters. The number of hydrogen-bond acceptors (Lipinski definition) is 10. The lowest BCUT2D eigenvalue weighted by Crippen LogP contribution is -2.48. The van der Waals surface area contributed by atoms with Crippen LogP contribution in [-0.4, -0.2) is 86.0 Å². The number of anilines is 2. The molecule has 14 heteroatoms. The largest absolute Gasteiger partial charge is 0.496 e. The molecule has 0 saturated carbocycles. The van der Waals surface area contributed by atoms with Gasteiger partial charge in [-0.15, -0.1) is 0 Å². The Balaban J connectivity index is 1.93. The van der Waals surface area contributed by atoms with Crippen LogP contribution in [0.5, 0.6) is 5.75 Å². The van der Waals surface area contributed by atoms with Gasteiger partial charge in [-0.05, 0) is 50.9 Å². The minimum Gasteiger partial charge on any atom is -0.496 e. The number of rotatable bonds is 13. The van der Waals surface area contributed by atoms with Crippen LogP contribution in [0.4, 0.5) is 20.5 Å². The van der Waals surface area contributed by atoms with Crippen LogP contribution in [0.1, 0.15) is 48.5 Å². The highest BCUT2D eigenvalue weighted by Gasteiger charge is 2.34. The van der Waals surface area contributed by atoms with Crippen molar-refractivity contribution in [2.75, 3.05) is 55.8 Å². The third kappa shape index (κ3) is 6.73. The zero-order valence-corrected chi connectivity index (χ0v) is 22.3. The summed E-state index contributed by atoms with van der Waals surface area (Å²) in [5, 5.41) is 12.7. The zero-order chi connectivity index (χ0) is 27.9. The number of aliphatic hydroxyl groups is 1.